The highest BCUT2D eigenvalue weighted by Gasteiger charge is 2.43. The molecule has 2 aromatic heterocycles. The third kappa shape index (κ3) is 2.24. The van der Waals surface area contributed by atoms with Crippen molar-refractivity contribution in [1.29, 1.82) is 0 Å². The molecular formula is C12H16ClN5O3. The highest BCUT2D eigenvalue weighted by Crippen LogP contribution is 2.37. The van der Waals surface area contributed by atoms with E-state index >= 15 is 0 Å². The molecule has 3 N–H and O–H groups in total. The lowest BCUT2D eigenvalue weighted by molar-refractivity contribution is -0.0583. The predicted molar refractivity (Wildman–Crippen MR) is 75.7 cm³/mol. The van der Waals surface area contributed by atoms with Crippen molar-refractivity contribution < 1.29 is 14.6 Å². The normalized spacial score (nSPS) is 29.3. The minimum atomic E-state index is -0.461. The lowest BCUT2D eigenvalue weighted by Gasteiger charge is -2.20. The zero-order valence-corrected chi connectivity index (χ0v) is 12.4. The number of imidazole rings is 1. The Morgan fingerprint density at radius 1 is 1.52 bits per heavy atom. The molecule has 0 aliphatic carbocycles. The van der Waals surface area contributed by atoms with Crippen molar-refractivity contribution in [3.63, 3.8) is 0 Å². The van der Waals surface area contributed by atoms with Crippen LogP contribution in [0.5, 0.6) is 0 Å². The summed E-state index contributed by atoms with van der Waals surface area (Å²) in [5.41, 5.74) is 6.57. The van der Waals surface area contributed by atoms with Gasteiger partial charge in [0.1, 0.15) is 11.6 Å². The van der Waals surface area contributed by atoms with E-state index < -0.39 is 6.23 Å². The van der Waals surface area contributed by atoms with Crippen LogP contribution >= 0.6 is 11.6 Å². The molecule has 1 aliphatic heterocycles. The van der Waals surface area contributed by atoms with Gasteiger partial charge in [0.25, 0.3) is 0 Å². The van der Waals surface area contributed by atoms with Crippen LogP contribution in [0, 0.1) is 5.92 Å². The quantitative estimate of drug-likeness (QED) is 0.799. The number of nitrogens with two attached hydrogens (primary N) is 1. The van der Waals surface area contributed by atoms with E-state index in [1.807, 2.05) is 6.92 Å². The molecule has 0 spiro atoms. The Balaban J connectivity index is 2.08. The number of fused-ring (bicyclic) bond motifs is 1. The van der Waals surface area contributed by atoms with Crippen LogP contribution in [0.3, 0.4) is 0 Å². The molecule has 0 aromatic carbocycles. The fourth-order valence-electron chi connectivity index (χ4n) is 2.70. The fraction of sp³-hybridized carbons (Fsp3) is 0.583. The number of nitrogens with zero attached hydrogens (tertiary/aromatic N) is 4. The number of aromatic nitrogens is 4. The lowest BCUT2D eigenvalue weighted by atomic mass is 10.0. The van der Waals surface area contributed by atoms with Gasteiger partial charge in [0, 0.05) is 13.0 Å². The molecule has 0 bridgehead atoms. The molecular weight excluding hydrogens is 298 g/mol. The van der Waals surface area contributed by atoms with Crippen molar-refractivity contribution in [3.05, 3.63) is 11.5 Å². The number of rotatable bonds is 3. The standard InChI is InChI=1S/C12H16ClN5O3/c1-5-6(3-19)21-11(8(5)20-2)18-4-15-7-9(13)16-12(14)17-10(7)18/h4-6,8,11,19H,3H2,1-2H3,(H2,14,16,17)/t5-,6-,8-,11-/m1/s1. The van der Waals surface area contributed by atoms with Gasteiger partial charge in [-0.1, -0.05) is 18.5 Å². The maximum absolute atomic E-state index is 9.39. The summed E-state index contributed by atoms with van der Waals surface area (Å²) in [6.07, 6.45) is 0.549. The topological polar surface area (TPSA) is 108 Å². The zero-order valence-electron chi connectivity index (χ0n) is 11.6. The van der Waals surface area contributed by atoms with Gasteiger partial charge in [-0.15, -0.1) is 0 Å². The van der Waals surface area contributed by atoms with Crippen molar-refractivity contribution >= 4 is 28.7 Å². The average Bonchev–Trinajstić information content (AvgIpc) is 2.99. The van der Waals surface area contributed by atoms with Gasteiger partial charge < -0.3 is 20.3 Å². The molecule has 0 unspecified atom stereocenters. The summed E-state index contributed by atoms with van der Waals surface area (Å²) < 4.78 is 13.1. The van der Waals surface area contributed by atoms with Crippen LogP contribution in [0.25, 0.3) is 11.2 Å². The fourth-order valence-corrected chi connectivity index (χ4v) is 2.92. The second kappa shape index (κ2) is 5.38. The summed E-state index contributed by atoms with van der Waals surface area (Å²) in [6.45, 7) is 1.88. The third-order valence-corrected chi connectivity index (χ3v) is 4.09. The second-order valence-corrected chi connectivity index (χ2v) is 5.36. The molecule has 1 aliphatic rings. The Bertz CT molecular complexity index is 664. The predicted octanol–water partition coefficient (Wildman–Crippen LogP) is 0.603. The van der Waals surface area contributed by atoms with E-state index in [9.17, 15) is 5.11 Å². The van der Waals surface area contributed by atoms with E-state index in [-0.39, 0.29) is 35.8 Å². The van der Waals surface area contributed by atoms with Gasteiger partial charge in [0.05, 0.1) is 19.0 Å². The molecule has 3 heterocycles. The van der Waals surface area contributed by atoms with Gasteiger partial charge in [0.15, 0.2) is 17.0 Å². The number of hydrogen-bond acceptors (Lipinski definition) is 7. The Kier molecular flexibility index (Phi) is 3.70. The number of hydrogen-bond donors (Lipinski definition) is 2. The van der Waals surface area contributed by atoms with Gasteiger partial charge >= 0.3 is 0 Å². The van der Waals surface area contributed by atoms with Crippen LogP contribution < -0.4 is 5.73 Å². The van der Waals surface area contributed by atoms with E-state index in [1.54, 1.807) is 18.0 Å². The van der Waals surface area contributed by atoms with Crippen LogP contribution in [0.1, 0.15) is 13.2 Å². The van der Waals surface area contributed by atoms with Crippen molar-refractivity contribution in [2.75, 3.05) is 19.5 Å². The first kappa shape index (κ1) is 14.5. The average molecular weight is 314 g/mol. The van der Waals surface area contributed by atoms with Crippen LogP contribution in [0.4, 0.5) is 5.95 Å². The zero-order chi connectivity index (χ0) is 15.1. The SMILES string of the molecule is CO[C@@H]1[C@H](C)[C@@H](CO)O[C@H]1n1cnc2c(Cl)nc(N)nc21. The molecule has 114 valence electrons. The number of ether oxygens (including phenoxy) is 2. The molecule has 1 fully saturated rings. The number of halogens is 1. The van der Waals surface area contributed by atoms with Crippen LogP contribution in [-0.4, -0.2) is 50.6 Å². The summed E-state index contributed by atoms with van der Waals surface area (Å²) >= 11 is 6.02. The number of anilines is 1. The van der Waals surface area contributed by atoms with E-state index in [1.165, 1.54) is 0 Å². The maximum atomic E-state index is 9.39. The van der Waals surface area contributed by atoms with E-state index in [0.717, 1.165) is 0 Å². The van der Waals surface area contributed by atoms with Gasteiger partial charge in [0.2, 0.25) is 5.95 Å². The minimum absolute atomic E-state index is 0.0251. The van der Waals surface area contributed by atoms with E-state index in [0.29, 0.717) is 11.2 Å². The van der Waals surface area contributed by atoms with Gasteiger partial charge in [-0.25, -0.2) is 4.98 Å². The summed E-state index contributed by atoms with van der Waals surface area (Å²) in [7, 11) is 1.60. The van der Waals surface area contributed by atoms with Crippen molar-refractivity contribution in [2.45, 2.75) is 25.4 Å². The summed E-state index contributed by atoms with van der Waals surface area (Å²) in [4.78, 5) is 12.2. The van der Waals surface area contributed by atoms with E-state index in [2.05, 4.69) is 15.0 Å². The van der Waals surface area contributed by atoms with Crippen molar-refractivity contribution in [1.82, 2.24) is 19.5 Å². The molecule has 0 radical (unpaired) electrons. The van der Waals surface area contributed by atoms with Crippen LogP contribution in [0.15, 0.2) is 6.33 Å². The summed E-state index contributed by atoms with van der Waals surface area (Å²) in [5.74, 6) is 0.0880. The Hall–Kier alpha value is -1.48. The first-order valence-corrected chi connectivity index (χ1v) is 6.89. The Morgan fingerprint density at radius 3 is 2.95 bits per heavy atom. The number of methoxy groups -OCH3 is 1. The highest BCUT2D eigenvalue weighted by molar-refractivity contribution is 6.33. The molecule has 9 heteroatoms. The van der Waals surface area contributed by atoms with Crippen LogP contribution in [0.2, 0.25) is 5.15 Å². The highest BCUT2D eigenvalue weighted by atomic mass is 35.5. The van der Waals surface area contributed by atoms with Crippen LogP contribution in [-0.2, 0) is 9.47 Å². The van der Waals surface area contributed by atoms with E-state index in [4.69, 9.17) is 26.8 Å². The second-order valence-electron chi connectivity index (χ2n) is 5.00. The first-order valence-electron chi connectivity index (χ1n) is 6.51. The largest absolute Gasteiger partial charge is 0.394 e. The molecule has 0 saturated carbocycles. The summed E-state index contributed by atoms with van der Waals surface area (Å²) in [5, 5.41) is 9.58. The van der Waals surface area contributed by atoms with Crippen molar-refractivity contribution in [2.24, 2.45) is 5.92 Å². The molecule has 0 amide bonds. The number of nitrogen functional groups attached to an aromatic ring is 1. The molecule has 3 rings (SSSR count). The van der Waals surface area contributed by atoms with Crippen molar-refractivity contribution in [3.8, 4) is 0 Å². The third-order valence-electron chi connectivity index (χ3n) is 3.82. The van der Waals surface area contributed by atoms with Gasteiger partial charge in [-0.2, -0.15) is 9.97 Å². The first-order chi connectivity index (χ1) is 10.1. The molecule has 8 nitrogen and oxygen atoms in total. The minimum Gasteiger partial charge on any atom is -0.394 e. The Labute approximate surface area is 125 Å². The Morgan fingerprint density at radius 2 is 2.29 bits per heavy atom. The number of aliphatic hydroxyl groups is 1. The summed E-state index contributed by atoms with van der Waals surface area (Å²) in [6, 6.07) is 0. The molecule has 4 atom stereocenters. The molecule has 2 aromatic rings. The van der Waals surface area contributed by atoms with Gasteiger partial charge in [-0.05, 0) is 0 Å². The molecule has 1 saturated heterocycles. The lowest BCUT2D eigenvalue weighted by Crippen LogP contribution is -2.27. The maximum Gasteiger partial charge on any atom is 0.223 e. The smallest absolute Gasteiger partial charge is 0.223 e. The molecule has 21 heavy (non-hydrogen) atoms. The van der Waals surface area contributed by atoms with Gasteiger partial charge in [-0.3, -0.25) is 4.57 Å². The monoisotopic (exact) mass is 313 g/mol. The number of aliphatic hydroxyl groups excluding tert-OH is 1.